The molecule has 0 aromatic carbocycles. The molecule has 0 aliphatic heterocycles. The van der Waals surface area contributed by atoms with Crippen molar-refractivity contribution in [3.63, 3.8) is 0 Å². The van der Waals surface area contributed by atoms with Crippen LogP contribution in [-0.4, -0.2) is 12.1 Å². The second kappa shape index (κ2) is 6.80. The monoisotopic (exact) mass is 234 g/mol. The number of esters is 1. The third kappa shape index (κ3) is 4.78. The Balaban J connectivity index is 2.62. The normalized spacial score (nSPS) is 11.8. The molecule has 1 aromatic rings. The summed E-state index contributed by atoms with van der Waals surface area (Å²) in [6.45, 7) is 6.11. The molecule has 3 heteroatoms. The lowest BCUT2D eigenvalue weighted by molar-refractivity contribution is 0.0341. The van der Waals surface area contributed by atoms with Gasteiger partial charge in [-0.3, -0.25) is 0 Å². The molecule has 1 unspecified atom stereocenters. The van der Waals surface area contributed by atoms with Gasteiger partial charge in [0.05, 0.1) is 6.26 Å². The van der Waals surface area contributed by atoms with Crippen LogP contribution in [0.3, 0.4) is 0 Å². The lowest BCUT2D eigenvalue weighted by Crippen LogP contribution is -2.18. The summed E-state index contributed by atoms with van der Waals surface area (Å²) in [5.74, 6) is 6.10. The number of furan rings is 1. The Morgan fingerprint density at radius 2 is 2.29 bits per heavy atom. The van der Waals surface area contributed by atoms with Crippen molar-refractivity contribution < 1.29 is 13.9 Å². The van der Waals surface area contributed by atoms with Gasteiger partial charge >= 0.3 is 5.97 Å². The van der Waals surface area contributed by atoms with E-state index in [1.807, 2.05) is 6.92 Å². The van der Waals surface area contributed by atoms with Crippen LogP contribution in [0.25, 0.3) is 0 Å². The predicted octanol–water partition coefficient (Wildman–Crippen LogP) is 3.26. The highest BCUT2D eigenvalue weighted by atomic mass is 16.6. The van der Waals surface area contributed by atoms with E-state index in [2.05, 4.69) is 25.7 Å². The molecule has 0 saturated carbocycles. The van der Waals surface area contributed by atoms with Gasteiger partial charge in [-0.15, -0.1) is 0 Å². The van der Waals surface area contributed by atoms with Crippen LogP contribution in [0.5, 0.6) is 0 Å². The fraction of sp³-hybridized carbons (Fsp3) is 0.500. The predicted molar refractivity (Wildman–Crippen MR) is 65.4 cm³/mol. The van der Waals surface area contributed by atoms with Crippen LogP contribution in [0.1, 0.15) is 44.2 Å². The molecule has 17 heavy (non-hydrogen) atoms. The SMILES string of the molecule is CCC#CC(CC(C)C)OC(=O)c1ccco1. The van der Waals surface area contributed by atoms with Crippen molar-refractivity contribution in [3.8, 4) is 11.8 Å². The van der Waals surface area contributed by atoms with Crippen LogP contribution in [0.2, 0.25) is 0 Å². The van der Waals surface area contributed by atoms with Crippen molar-refractivity contribution in [2.24, 2.45) is 5.92 Å². The molecule has 0 fully saturated rings. The van der Waals surface area contributed by atoms with Crippen LogP contribution in [0.15, 0.2) is 22.8 Å². The maximum Gasteiger partial charge on any atom is 0.375 e. The number of carbonyl (C=O) groups excluding carboxylic acids is 1. The molecule has 1 rings (SSSR count). The van der Waals surface area contributed by atoms with Crippen molar-refractivity contribution in [1.29, 1.82) is 0 Å². The molecule has 1 aromatic heterocycles. The van der Waals surface area contributed by atoms with Crippen molar-refractivity contribution in [2.45, 2.75) is 39.7 Å². The molecule has 1 heterocycles. The van der Waals surface area contributed by atoms with E-state index in [1.54, 1.807) is 12.1 Å². The lowest BCUT2D eigenvalue weighted by atomic mass is 10.1. The van der Waals surface area contributed by atoms with E-state index < -0.39 is 5.97 Å². The van der Waals surface area contributed by atoms with Gasteiger partial charge in [0, 0.05) is 6.42 Å². The zero-order chi connectivity index (χ0) is 12.7. The van der Waals surface area contributed by atoms with Crippen LogP contribution in [-0.2, 0) is 4.74 Å². The van der Waals surface area contributed by atoms with E-state index in [0.717, 1.165) is 12.8 Å². The minimum atomic E-state index is -0.453. The summed E-state index contributed by atoms with van der Waals surface area (Å²) in [6, 6.07) is 3.24. The third-order valence-corrected chi connectivity index (χ3v) is 2.10. The summed E-state index contributed by atoms with van der Waals surface area (Å²) >= 11 is 0. The lowest BCUT2D eigenvalue weighted by Gasteiger charge is -2.13. The second-order valence-electron chi connectivity index (χ2n) is 4.18. The van der Waals surface area contributed by atoms with Gasteiger partial charge in [0.25, 0.3) is 0 Å². The van der Waals surface area contributed by atoms with Gasteiger partial charge in [0.1, 0.15) is 0 Å². The molecule has 0 spiro atoms. The first-order chi connectivity index (χ1) is 8.13. The highest BCUT2D eigenvalue weighted by Gasteiger charge is 2.17. The highest BCUT2D eigenvalue weighted by molar-refractivity contribution is 5.86. The summed E-state index contributed by atoms with van der Waals surface area (Å²) in [5.41, 5.74) is 0. The van der Waals surface area contributed by atoms with E-state index in [9.17, 15) is 4.79 Å². The van der Waals surface area contributed by atoms with Gasteiger partial charge in [0.15, 0.2) is 6.10 Å². The van der Waals surface area contributed by atoms with E-state index in [1.165, 1.54) is 6.26 Å². The van der Waals surface area contributed by atoms with Crippen molar-refractivity contribution in [1.82, 2.24) is 0 Å². The fourth-order valence-corrected chi connectivity index (χ4v) is 1.36. The Morgan fingerprint density at radius 1 is 1.53 bits per heavy atom. The molecule has 0 saturated heterocycles. The average molecular weight is 234 g/mol. The first kappa shape index (κ1) is 13.4. The first-order valence-corrected chi connectivity index (χ1v) is 5.86. The van der Waals surface area contributed by atoms with Crippen LogP contribution in [0, 0.1) is 17.8 Å². The van der Waals surface area contributed by atoms with Gasteiger partial charge in [0.2, 0.25) is 5.76 Å². The number of carbonyl (C=O) groups is 1. The number of hydrogen-bond donors (Lipinski definition) is 0. The van der Waals surface area contributed by atoms with Gasteiger partial charge in [-0.2, -0.15) is 0 Å². The van der Waals surface area contributed by atoms with Crippen molar-refractivity contribution in [3.05, 3.63) is 24.2 Å². The van der Waals surface area contributed by atoms with Crippen molar-refractivity contribution >= 4 is 5.97 Å². The highest BCUT2D eigenvalue weighted by Crippen LogP contribution is 2.11. The number of ether oxygens (including phenoxy) is 1. The topological polar surface area (TPSA) is 39.4 Å². The van der Waals surface area contributed by atoms with E-state index in [0.29, 0.717) is 5.92 Å². The summed E-state index contributed by atoms with van der Waals surface area (Å²) < 4.78 is 10.3. The van der Waals surface area contributed by atoms with E-state index in [4.69, 9.17) is 9.15 Å². The van der Waals surface area contributed by atoms with Gasteiger partial charge in [-0.1, -0.05) is 32.6 Å². The summed E-state index contributed by atoms with van der Waals surface area (Å²) in [6.07, 6.45) is 2.59. The standard InChI is InChI=1S/C14H18O3/c1-4-5-7-12(10-11(2)3)17-14(15)13-8-6-9-16-13/h6,8-9,11-12H,4,10H2,1-3H3. The van der Waals surface area contributed by atoms with Gasteiger partial charge in [-0.25, -0.2) is 4.79 Å². The Hall–Kier alpha value is -1.69. The Bertz CT molecular complexity index is 393. The van der Waals surface area contributed by atoms with E-state index >= 15 is 0 Å². The molecule has 0 amide bonds. The molecule has 0 N–H and O–H groups in total. The van der Waals surface area contributed by atoms with Gasteiger partial charge < -0.3 is 9.15 Å². The second-order valence-corrected chi connectivity index (χ2v) is 4.18. The quantitative estimate of drug-likeness (QED) is 0.593. The van der Waals surface area contributed by atoms with Gasteiger partial charge in [-0.05, 0) is 24.5 Å². The molecular formula is C14H18O3. The zero-order valence-electron chi connectivity index (χ0n) is 10.5. The number of hydrogen-bond acceptors (Lipinski definition) is 3. The Morgan fingerprint density at radius 3 is 2.82 bits per heavy atom. The average Bonchev–Trinajstić information content (AvgIpc) is 2.78. The minimum Gasteiger partial charge on any atom is -0.457 e. The molecular weight excluding hydrogens is 216 g/mol. The van der Waals surface area contributed by atoms with Crippen LogP contribution < -0.4 is 0 Å². The molecule has 3 nitrogen and oxygen atoms in total. The van der Waals surface area contributed by atoms with Crippen molar-refractivity contribution in [2.75, 3.05) is 0 Å². The molecule has 0 aliphatic carbocycles. The minimum absolute atomic E-state index is 0.219. The molecule has 1 atom stereocenters. The third-order valence-electron chi connectivity index (χ3n) is 2.10. The van der Waals surface area contributed by atoms with Crippen LogP contribution >= 0.6 is 0 Å². The zero-order valence-corrected chi connectivity index (χ0v) is 10.5. The summed E-state index contributed by atoms with van der Waals surface area (Å²) in [7, 11) is 0. The maximum absolute atomic E-state index is 11.7. The molecule has 92 valence electrons. The summed E-state index contributed by atoms with van der Waals surface area (Å²) in [5, 5.41) is 0. The molecule has 0 radical (unpaired) electrons. The maximum atomic E-state index is 11.7. The summed E-state index contributed by atoms with van der Waals surface area (Å²) in [4.78, 5) is 11.7. The molecule has 0 aliphatic rings. The smallest absolute Gasteiger partial charge is 0.375 e. The Kier molecular flexibility index (Phi) is 5.35. The van der Waals surface area contributed by atoms with Crippen LogP contribution in [0.4, 0.5) is 0 Å². The largest absolute Gasteiger partial charge is 0.457 e. The first-order valence-electron chi connectivity index (χ1n) is 5.86. The molecule has 0 bridgehead atoms. The Labute approximate surface area is 102 Å². The van der Waals surface area contributed by atoms with E-state index in [-0.39, 0.29) is 11.9 Å². The fourth-order valence-electron chi connectivity index (χ4n) is 1.36. The number of rotatable bonds is 4.